The quantitative estimate of drug-likeness (QED) is 0.616. The number of likely N-dealkylation sites (tertiary alicyclic amines) is 1. The third-order valence-electron chi connectivity index (χ3n) is 4.30. The van der Waals surface area contributed by atoms with Gasteiger partial charge in [0, 0.05) is 25.7 Å². The maximum absolute atomic E-state index is 12.1. The molecule has 0 saturated carbocycles. The highest BCUT2D eigenvalue weighted by atomic mass is 16.5. The van der Waals surface area contributed by atoms with Crippen molar-refractivity contribution >= 4 is 17.7 Å². The first kappa shape index (κ1) is 17.0. The molecule has 1 aliphatic heterocycles. The van der Waals surface area contributed by atoms with Crippen molar-refractivity contribution in [2.24, 2.45) is 5.92 Å². The van der Waals surface area contributed by atoms with Crippen molar-refractivity contribution < 1.29 is 19.1 Å². The number of carbonyl (C=O) groups is 3. The fourth-order valence-electron chi connectivity index (χ4n) is 2.89. The Balaban J connectivity index is 1.46. The van der Waals surface area contributed by atoms with Gasteiger partial charge >= 0.3 is 5.97 Å². The van der Waals surface area contributed by atoms with E-state index in [1.807, 2.05) is 30.3 Å². The number of H-pyrrole nitrogens is 1. The molecule has 1 atom stereocenters. The number of amides is 1. The van der Waals surface area contributed by atoms with Gasteiger partial charge in [0.1, 0.15) is 0 Å². The summed E-state index contributed by atoms with van der Waals surface area (Å²) in [7, 11) is 0. The molecule has 1 amide bonds. The number of esters is 1. The minimum absolute atomic E-state index is 0.0476. The Labute approximate surface area is 145 Å². The first-order valence-electron chi connectivity index (χ1n) is 8.28. The summed E-state index contributed by atoms with van der Waals surface area (Å²) in [6.45, 7) is 0.614. The van der Waals surface area contributed by atoms with Crippen LogP contribution in [0.3, 0.4) is 0 Å². The van der Waals surface area contributed by atoms with Crippen LogP contribution in [0, 0.1) is 5.92 Å². The molecule has 6 nitrogen and oxygen atoms in total. The third kappa shape index (κ3) is 4.35. The summed E-state index contributed by atoms with van der Waals surface area (Å²) in [4.78, 5) is 40.5. The van der Waals surface area contributed by atoms with Gasteiger partial charge in [-0.15, -0.1) is 0 Å². The van der Waals surface area contributed by atoms with Crippen LogP contribution in [-0.4, -0.2) is 47.2 Å². The van der Waals surface area contributed by atoms with Crippen LogP contribution in [-0.2, 0) is 20.7 Å². The third-order valence-corrected chi connectivity index (χ3v) is 4.30. The van der Waals surface area contributed by atoms with Crippen LogP contribution < -0.4 is 0 Å². The first-order valence-corrected chi connectivity index (χ1v) is 8.28. The van der Waals surface area contributed by atoms with E-state index in [-0.39, 0.29) is 24.7 Å². The smallest absolute Gasteiger partial charge is 0.311 e. The molecule has 2 aromatic rings. The van der Waals surface area contributed by atoms with Gasteiger partial charge in [-0.3, -0.25) is 14.4 Å². The molecule has 0 unspecified atom stereocenters. The van der Waals surface area contributed by atoms with Gasteiger partial charge in [-0.05, 0) is 24.1 Å². The lowest BCUT2D eigenvalue weighted by Crippen LogP contribution is -2.29. The van der Waals surface area contributed by atoms with E-state index in [0.717, 1.165) is 12.0 Å². The normalized spacial score (nSPS) is 16.9. The highest BCUT2D eigenvalue weighted by Crippen LogP contribution is 2.19. The average molecular weight is 340 g/mol. The molecule has 1 aliphatic rings. The molecule has 0 spiro atoms. The molecular formula is C19H20N2O4. The van der Waals surface area contributed by atoms with Gasteiger partial charge in [0.15, 0.2) is 6.61 Å². The Hall–Kier alpha value is -2.89. The maximum Gasteiger partial charge on any atom is 0.311 e. The summed E-state index contributed by atoms with van der Waals surface area (Å²) in [5.74, 6) is -1.33. The number of ether oxygens (including phenoxy) is 1. The molecule has 130 valence electrons. The predicted molar refractivity (Wildman–Crippen MR) is 90.9 cm³/mol. The van der Waals surface area contributed by atoms with Crippen molar-refractivity contribution in [1.82, 2.24) is 9.88 Å². The standard InChI is InChI=1S/C19H20N2O4/c22-17(16-7-4-9-20-16)13-25-19(24)15-11-18(23)21(12-15)10-8-14-5-2-1-3-6-14/h1-7,9,15,20H,8,10-13H2/t15-/m1/s1. The van der Waals surface area contributed by atoms with Crippen LogP contribution in [0.1, 0.15) is 22.5 Å². The summed E-state index contributed by atoms with van der Waals surface area (Å²) in [5.41, 5.74) is 1.55. The number of benzene rings is 1. The second kappa shape index (κ2) is 7.79. The lowest BCUT2D eigenvalue weighted by atomic mass is 10.1. The zero-order valence-corrected chi connectivity index (χ0v) is 13.8. The molecule has 0 radical (unpaired) electrons. The summed E-state index contributed by atoms with van der Waals surface area (Å²) in [6.07, 6.45) is 2.53. The average Bonchev–Trinajstić information content (AvgIpc) is 3.28. The van der Waals surface area contributed by atoms with Crippen LogP contribution >= 0.6 is 0 Å². The molecule has 0 aliphatic carbocycles. The minimum Gasteiger partial charge on any atom is -0.457 e. The van der Waals surface area contributed by atoms with E-state index in [2.05, 4.69) is 4.98 Å². The van der Waals surface area contributed by atoms with Crippen molar-refractivity contribution in [2.45, 2.75) is 12.8 Å². The number of aromatic nitrogens is 1. The van der Waals surface area contributed by atoms with Crippen molar-refractivity contribution in [1.29, 1.82) is 0 Å². The van der Waals surface area contributed by atoms with E-state index >= 15 is 0 Å². The van der Waals surface area contributed by atoms with Crippen LogP contribution in [0.5, 0.6) is 0 Å². The SMILES string of the molecule is O=C(COC(=O)[C@@H]1CC(=O)N(CCc2ccccc2)C1)c1ccc[nH]1. The number of carbonyl (C=O) groups excluding carboxylic acids is 3. The Morgan fingerprint density at radius 3 is 2.68 bits per heavy atom. The Morgan fingerprint density at radius 1 is 1.16 bits per heavy atom. The Morgan fingerprint density at radius 2 is 1.96 bits per heavy atom. The van der Waals surface area contributed by atoms with E-state index in [1.165, 1.54) is 0 Å². The van der Waals surface area contributed by atoms with Gasteiger partial charge in [0.2, 0.25) is 11.7 Å². The van der Waals surface area contributed by atoms with Gasteiger partial charge < -0.3 is 14.6 Å². The number of Topliss-reactive ketones (excluding diaryl/α,β-unsaturated/α-hetero) is 1. The van der Waals surface area contributed by atoms with E-state index < -0.39 is 11.9 Å². The maximum atomic E-state index is 12.1. The summed E-state index contributed by atoms with van der Waals surface area (Å²) >= 11 is 0. The Bertz CT molecular complexity index is 740. The van der Waals surface area contributed by atoms with Gasteiger partial charge in [0.25, 0.3) is 0 Å². The lowest BCUT2D eigenvalue weighted by Gasteiger charge is -2.16. The van der Waals surface area contributed by atoms with Gasteiger partial charge in [0.05, 0.1) is 11.6 Å². The predicted octanol–water partition coefficient (Wildman–Crippen LogP) is 1.83. The second-order valence-electron chi connectivity index (χ2n) is 6.09. The number of nitrogens with one attached hydrogen (secondary N) is 1. The molecule has 1 aromatic heterocycles. The summed E-state index contributed by atoms with van der Waals surface area (Å²) < 4.78 is 5.08. The van der Waals surface area contributed by atoms with Gasteiger partial charge in [-0.1, -0.05) is 30.3 Å². The van der Waals surface area contributed by atoms with E-state index in [0.29, 0.717) is 18.8 Å². The highest BCUT2D eigenvalue weighted by molar-refractivity contribution is 5.96. The van der Waals surface area contributed by atoms with E-state index in [4.69, 9.17) is 4.74 Å². The van der Waals surface area contributed by atoms with Crippen molar-refractivity contribution in [3.63, 3.8) is 0 Å². The molecular weight excluding hydrogens is 320 g/mol. The minimum atomic E-state index is -0.500. The van der Waals surface area contributed by atoms with Crippen LogP contribution in [0.2, 0.25) is 0 Å². The zero-order valence-electron chi connectivity index (χ0n) is 13.8. The highest BCUT2D eigenvalue weighted by Gasteiger charge is 2.35. The van der Waals surface area contributed by atoms with Crippen molar-refractivity contribution in [3.05, 3.63) is 59.9 Å². The fourth-order valence-corrected chi connectivity index (χ4v) is 2.89. The number of ketones is 1. The fraction of sp³-hybridized carbons (Fsp3) is 0.316. The number of rotatable bonds is 7. The molecule has 1 fully saturated rings. The second-order valence-corrected chi connectivity index (χ2v) is 6.09. The number of aromatic amines is 1. The molecule has 3 rings (SSSR count). The molecule has 1 N–H and O–H groups in total. The van der Waals surface area contributed by atoms with E-state index in [1.54, 1.807) is 23.2 Å². The summed E-state index contributed by atoms with van der Waals surface area (Å²) in [5, 5.41) is 0. The van der Waals surface area contributed by atoms with Gasteiger partial charge in [-0.2, -0.15) is 0 Å². The zero-order chi connectivity index (χ0) is 17.6. The van der Waals surface area contributed by atoms with Crippen molar-refractivity contribution in [3.8, 4) is 0 Å². The van der Waals surface area contributed by atoms with E-state index in [9.17, 15) is 14.4 Å². The monoisotopic (exact) mass is 340 g/mol. The molecule has 6 heteroatoms. The number of nitrogens with zero attached hydrogens (tertiary/aromatic N) is 1. The topological polar surface area (TPSA) is 79.5 Å². The summed E-state index contributed by atoms with van der Waals surface area (Å²) in [6, 6.07) is 13.2. The molecule has 1 aromatic carbocycles. The van der Waals surface area contributed by atoms with Gasteiger partial charge in [-0.25, -0.2) is 0 Å². The molecule has 1 saturated heterocycles. The number of hydrogen-bond donors (Lipinski definition) is 1. The van der Waals surface area contributed by atoms with Crippen LogP contribution in [0.4, 0.5) is 0 Å². The lowest BCUT2D eigenvalue weighted by molar-refractivity contribution is -0.147. The van der Waals surface area contributed by atoms with Crippen LogP contribution in [0.15, 0.2) is 48.7 Å². The Kier molecular flexibility index (Phi) is 5.28. The molecule has 25 heavy (non-hydrogen) atoms. The van der Waals surface area contributed by atoms with Crippen LogP contribution in [0.25, 0.3) is 0 Å². The molecule has 0 bridgehead atoms. The first-order chi connectivity index (χ1) is 12.1. The van der Waals surface area contributed by atoms with Crippen molar-refractivity contribution in [2.75, 3.05) is 19.7 Å². The number of hydrogen-bond acceptors (Lipinski definition) is 4. The molecule has 2 heterocycles. The largest absolute Gasteiger partial charge is 0.457 e.